The third kappa shape index (κ3) is 4.77. The Balaban J connectivity index is 1.91. The Morgan fingerprint density at radius 2 is 1.82 bits per heavy atom. The lowest BCUT2D eigenvalue weighted by Crippen LogP contribution is -2.34. The maximum absolute atomic E-state index is 14.4. The fraction of sp³-hybridized carbons (Fsp3) is 0.381. The lowest BCUT2D eigenvalue weighted by atomic mass is 10.1. The van der Waals surface area contributed by atoms with Crippen LogP contribution in [0.15, 0.2) is 47.4 Å². The Labute approximate surface area is 165 Å². The van der Waals surface area contributed by atoms with Crippen molar-refractivity contribution in [2.24, 2.45) is 0 Å². The van der Waals surface area contributed by atoms with Gasteiger partial charge in [-0.3, -0.25) is 4.79 Å². The first-order valence-electron chi connectivity index (χ1n) is 9.36. The van der Waals surface area contributed by atoms with Gasteiger partial charge in [0.2, 0.25) is 10.0 Å². The van der Waals surface area contributed by atoms with Crippen molar-refractivity contribution in [1.29, 1.82) is 0 Å². The third-order valence-electron chi connectivity index (χ3n) is 4.59. The van der Waals surface area contributed by atoms with Gasteiger partial charge in [0.1, 0.15) is 5.82 Å². The molecule has 0 aromatic heterocycles. The van der Waals surface area contributed by atoms with Crippen molar-refractivity contribution in [1.82, 2.24) is 9.62 Å². The second-order valence-electron chi connectivity index (χ2n) is 7.57. The van der Waals surface area contributed by atoms with E-state index in [2.05, 4.69) is 4.72 Å². The molecule has 1 N–H and O–H groups in total. The number of nitrogens with zero attached hydrogens (tertiary/aromatic N) is 1. The van der Waals surface area contributed by atoms with Crippen LogP contribution in [0.4, 0.5) is 4.39 Å². The number of hydrogen-bond acceptors (Lipinski definition) is 3. The molecule has 0 radical (unpaired) electrons. The predicted molar refractivity (Wildman–Crippen MR) is 106 cm³/mol. The summed E-state index contributed by atoms with van der Waals surface area (Å²) in [6.07, 6.45) is 1.73. The molecule has 0 atom stereocenters. The van der Waals surface area contributed by atoms with Crippen molar-refractivity contribution < 1.29 is 17.6 Å². The molecule has 1 aliphatic carbocycles. The summed E-state index contributed by atoms with van der Waals surface area (Å²) in [6.45, 7) is 5.75. The first kappa shape index (κ1) is 20.5. The molecular weight excluding hydrogens is 379 g/mol. The van der Waals surface area contributed by atoms with Crippen LogP contribution in [-0.4, -0.2) is 31.3 Å². The van der Waals surface area contributed by atoms with E-state index in [1.54, 1.807) is 18.7 Å². The number of nitrogens with one attached hydrogen (secondary N) is 1. The van der Waals surface area contributed by atoms with Gasteiger partial charge in [0.25, 0.3) is 5.91 Å². The van der Waals surface area contributed by atoms with Gasteiger partial charge < -0.3 is 4.90 Å². The summed E-state index contributed by atoms with van der Waals surface area (Å²) in [5.74, 6) is -1.20. The zero-order chi connectivity index (χ0) is 20.5. The maximum Gasteiger partial charge on any atom is 0.257 e. The first-order valence-corrected chi connectivity index (χ1v) is 10.8. The fourth-order valence-corrected chi connectivity index (χ4v) is 4.29. The topological polar surface area (TPSA) is 66.5 Å². The van der Waals surface area contributed by atoms with Gasteiger partial charge in [-0.2, -0.15) is 0 Å². The van der Waals surface area contributed by atoms with Crippen LogP contribution in [0.3, 0.4) is 0 Å². The highest BCUT2D eigenvalue weighted by atomic mass is 32.2. The van der Waals surface area contributed by atoms with Crippen LogP contribution in [0.1, 0.15) is 48.2 Å². The van der Waals surface area contributed by atoms with Crippen LogP contribution in [0, 0.1) is 12.7 Å². The van der Waals surface area contributed by atoms with Gasteiger partial charge in [-0.05, 0) is 57.4 Å². The first-order chi connectivity index (χ1) is 13.2. The molecule has 0 unspecified atom stereocenters. The second-order valence-corrected chi connectivity index (χ2v) is 9.28. The van der Waals surface area contributed by atoms with Crippen LogP contribution in [0.2, 0.25) is 0 Å². The van der Waals surface area contributed by atoms with Gasteiger partial charge in [-0.1, -0.05) is 29.8 Å². The average molecular weight is 405 g/mol. The van der Waals surface area contributed by atoms with Gasteiger partial charge in [0.15, 0.2) is 0 Å². The number of rotatable bonds is 7. The third-order valence-corrected chi connectivity index (χ3v) is 6.25. The van der Waals surface area contributed by atoms with Gasteiger partial charge in [-0.15, -0.1) is 0 Å². The quantitative estimate of drug-likeness (QED) is 0.766. The Hall–Kier alpha value is -2.25. The lowest BCUT2D eigenvalue weighted by molar-refractivity contribution is 0.0725. The molecule has 0 aliphatic heterocycles. The molecule has 7 heteroatoms. The van der Waals surface area contributed by atoms with Crippen molar-refractivity contribution in [2.45, 2.75) is 57.1 Å². The lowest BCUT2D eigenvalue weighted by Gasteiger charge is -2.23. The minimum absolute atomic E-state index is 0.0576. The normalized spacial score (nSPS) is 14.3. The summed E-state index contributed by atoms with van der Waals surface area (Å²) in [6, 6.07) is 10.9. The molecule has 0 spiro atoms. The van der Waals surface area contributed by atoms with Gasteiger partial charge >= 0.3 is 0 Å². The summed E-state index contributed by atoms with van der Waals surface area (Å²) in [5, 5.41) is 0. The highest BCUT2D eigenvalue weighted by Gasteiger charge is 2.34. The summed E-state index contributed by atoms with van der Waals surface area (Å²) in [5.41, 5.74) is 1.86. The van der Waals surface area contributed by atoms with E-state index in [1.165, 1.54) is 6.07 Å². The van der Waals surface area contributed by atoms with E-state index in [-0.39, 0.29) is 22.5 Å². The molecule has 2 aromatic rings. The number of carbonyl (C=O) groups excluding carboxylic acids is 1. The number of benzene rings is 2. The van der Waals surface area contributed by atoms with Crippen molar-refractivity contribution in [3.05, 3.63) is 65.0 Å². The molecule has 1 fully saturated rings. The van der Waals surface area contributed by atoms with Gasteiger partial charge in [0, 0.05) is 18.6 Å². The molecule has 1 amide bonds. The van der Waals surface area contributed by atoms with Crippen LogP contribution in [0.5, 0.6) is 0 Å². The van der Waals surface area contributed by atoms with Crippen molar-refractivity contribution >= 4 is 15.9 Å². The molecule has 0 heterocycles. The number of aryl methyl sites for hydroxylation is 1. The number of halogens is 1. The maximum atomic E-state index is 14.4. The largest absolute Gasteiger partial charge is 0.331 e. The Kier molecular flexibility index (Phi) is 5.86. The number of amides is 1. The Morgan fingerprint density at radius 1 is 1.18 bits per heavy atom. The van der Waals surface area contributed by atoms with E-state index in [0.29, 0.717) is 6.54 Å². The molecule has 2 aromatic carbocycles. The van der Waals surface area contributed by atoms with Gasteiger partial charge in [0.05, 0.1) is 10.5 Å². The fourth-order valence-electron chi connectivity index (χ4n) is 3.01. The van der Waals surface area contributed by atoms with Crippen molar-refractivity contribution in [3.8, 4) is 0 Å². The summed E-state index contributed by atoms with van der Waals surface area (Å²) < 4.78 is 41.7. The number of sulfonamides is 1. The number of carbonyl (C=O) groups is 1. The smallest absolute Gasteiger partial charge is 0.257 e. The van der Waals surface area contributed by atoms with Crippen LogP contribution in [-0.2, 0) is 16.6 Å². The summed E-state index contributed by atoms with van der Waals surface area (Å²) in [4.78, 5) is 14.6. The average Bonchev–Trinajstić information content (AvgIpc) is 3.45. The molecule has 0 saturated heterocycles. The summed E-state index contributed by atoms with van der Waals surface area (Å²) >= 11 is 0. The van der Waals surface area contributed by atoms with E-state index in [1.807, 2.05) is 31.2 Å². The highest BCUT2D eigenvalue weighted by Crippen LogP contribution is 2.31. The molecule has 5 nitrogen and oxygen atoms in total. The standard InChI is InChI=1S/C21H25FN2O3S/c1-14(2)23-28(26,27)18-10-11-20(22)19(12-18)21(25)24(17-8-9-17)13-16-6-4-15(3)5-7-16/h4-7,10-12,14,17,23H,8-9,13H2,1-3H3. The van der Waals surface area contributed by atoms with E-state index in [9.17, 15) is 17.6 Å². The van der Waals surface area contributed by atoms with Crippen LogP contribution >= 0.6 is 0 Å². The van der Waals surface area contributed by atoms with Crippen LogP contribution < -0.4 is 4.72 Å². The van der Waals surface area contributed by atoms with Crippen LogP contribution in [0.25, 0.3) is 0 Å². The minimum atomic E-state index is -3.81. The van der Waals surface area contributed by atoms with E-state index < -0.39 is 21.7 Å². The highest BCUT2D eigenvalue weighted by molar-refractivity contribution is 7.89. The number of hydrogen-bond donors (Lipinski definition) is 1. The molecule has 0 bridgehead atoms. The monoisotopic (exact) mass is 404 g/mol. The van der Waals surface area contributed by atoms with Crippen molar-refractivity contribution in [2.75, 3.05) is 0 Å². The van der Waals surface area contributed by atoms with E-state index in [4.69, 9.17) is 0 Å². The van der Waals surface area contributed by atoms with E-state index >= 15 is 0 Å². The minimum Gasteiger partial charge on any atom is -0.331 e. The van der Waals surface area contributed by atoms with Gasteiger partial charge in [-0.25, -0.2) is 17.5 Å². The molecular formula is C21H25FN2O3S. The summed E-state index contributed by atoms with van der Waals surface area (Å²) in [7, 11) is -3.81. The zero-order valence-electron chi connectivity index (χ0n) is 16.3. The molecule has 3 rings (SSSR count). The second kappa shape index (κ2) is 8.01. The van der Waals surface area contributed by atoms with Crippen molar-refractivity contribution in [3.63, 3.8) is 0 Å². The SMILES string of the molecule is Cc1ccc(CN(C(=O)c2cc(S(=O)(=O)NC(C)C)ccc2F)C2CC2)cc1. The molecule has 1 saturated carbocycles. The molecule has 28 heavy (non-hydrogen) atoms. The van der Waals surface area contributed by atoms with E-state index in [0.717, 1.165) is 36.1 Å². The molecule has 1 aliphatic rings. The zero-order valence-corrected chi connectivity index (χ0v) is 17.1. The molecule has 150 valence electrons. The Morgan fingerprint density at radius 3 is 2.39 bits per heavy atom. The Bertz CT molecular complexity index is 968. The predicted octanol–water partition coefficient (Wildman–Crippen LogP) is 3.63.